The molecular formula is C19H17N3O3. The Bertz CT molecular complexity index is 991. The van der Waals surface area contributed by atoms with Gasteiger partial charge in [-0.3, -0.25) is 20.4 Å². The minimum Gasteiger partial charge on any atom is -0.372 e. The van der Waals surface area contributed by atoms with Gasteiger partial charge < -0.3 is 9.30 Å². The summed E-state index contributed by atoms with van der Waals surface area (Å²) in [6, 6.07) is 13.0. The lowest BCUT2D eigenvalue weighted by Crippen LogP contribution is -2.41. The number of rotatable bonds is 2. The molecule has 0 saturated carbocycles. The Morgan fingerprint density at radius 3 is 2.64 bits per heavy atom. The molecule has 4 rings (SSSR count). The first-order valence-electron chi connectivity index (χ1n) is 7.98. The number of aromatic nitrogens is 1. The van der Waals surface area contributed by atoms with E-state index in [4.69, 9.17) is 4.74 Å². The standard InChI is InChI=1S/C19H17N3O3/c1-22-9-16(15-4-2-3-5-17(15)22)19(24)21-20-18(23)12-6-7-13-10-25-11-14(13)8-12/h2-9H,10-11H2,1H3,(H,20,23)(H,21,24). The van der Waals surface area contributed by atoms with E-state index in [2.05, 4.69) is 10.9 Å². The Morgan fingerprint density at radius 1 is 1.00 bits per heavy atom. The number of carbonyl (C=O) groups is 2. The van der Waals surface area contributed by atoms with Gasteiger partial charge in [0.1, 0.15) is 0 Å². The molecule has 0 bridgehead atoms. The fourth-order valence-corrected chi connectivity index (χ4v) is 3.09. The maximum atomic E-state index is 12.4. The lowest BCUT2D eigenvalue weighted by atomic mass is 10.1. The Labute approximate surface area is 144 Å². The van der Waals surface area contributed by atoms with Crippen LogP contribution in [-0.2, 0) is 25.0 Å². The summed E-state index contributed by atoms with van der Waals surface area (Å²) < 4.78 is 7.23. The van der Waals surface area contributed by atoms with Crippen molar-refractivity contribution in [1.29, 1.82) is 0 Å². The van der Waals surface area contributed by atoms with Crippen LogP contribution >= 0.6 is 0 Å². The zero-order valence-corrected chi connectivity index (χ0v) is 13.7. The highest BCUT2D eigenvalue weighted by Crippen LogP contribution is 2.21. The highest BCUT2D eigenvalue weighted by Gasteiger charge is 2.17. The molecule has 6 heteroatoms. The Kier molecular flexibility index (Phi) is 3.74. The van der Waals surface area contributed by atoms with Crippen molar-refractivity contribution in [2.24, 2.45) is 7.05 Å². The topological polar surface area (TPSA) is 72.4 Å². The third-order valence-electron chi connectivity index (χ3n) is 4.41. The number of fused-ring (bicyclic) bond motifs is 2. The predicted molar refractivity (Wildman–Crippen MR) is 92.8 cm³/mol. The second kappa shape index (κ2) is 6.07. The van der Waals surface area contributed by atoms with Crippen LogP contribution in [0.5, 0.6) is 0 Å². The molecule has 2 heterocycles. The number of ether oxygens (including phenoxy) is 1. The molecular weight excluding hydrogens is 318 g/mol. The Balaban J connectivity index is 1.49. The van der Waals surface area contributed by atoms with Gasteiger partial charge in [0.25, 0.3) is 11.8 Å². The summed E-state index contributed by atoms with van der Waals surface area (Å²) in [5, 5.41) is 0.839. The molecule has 0 aliphatic carbocycles. The van der Waals surface area contributed by atoms with Crippen molar-refractivity contribution in [2.45, 2.75) is 13.2 Å². The molecule has 0 atom stereocenters. The van der Waals surface area contributed by atoms with Gasteiger partial charge in [-0.1, -0.05) is 24.3 Å². The minimum absolute atomic E-state index is 0.352. The number of hydrogen-bond donors (Lipinski definition) is 2. The largest absolute Gasteiger partial charge is 0.372 e. The summed E-state index contributed by atoms with van der Waals surface area (Å²) in [4.78, 5) is 24.7. The molecule has 0 radical (unpaired) electrons. The molecule has 6 nitrogen and oxygen atoms in total. The van der Waals surface area contributed by atoms with E-state index < -0.39 is 0 Å². The van der Waals surface area contributed by atoms with Gasteiger partial charge in [-0.15, -0.1) is 0 Å². The molecule has 126 valence electrons. The quantitative estimate of drug-likeness (QED) is 0.706. The van der Waals surface area contributed by atoms with E-state index in [1.54, 1.807) is 18.3 Å². The number of carbonyl (C=O) groups excluding carboxylic acids is 2. The first-order chi connectivity index (χ1) is 12.1. The number of aryl methyl sites for hydroxylation is 1. The zero-order chi connectivity index (χ0) is 17.4. The summed E-state index contributed by atoms with van der Waals surface area (Å²) in [5.41, 5.74) is 9.02. The van der Waals surface area contributed by atoms with Crippen LogP contribution in [-0.4, -0.2) is 16.4 Å². The van der Waals surface area contributed by atoms with Gasteiger partial charge in [0, 0.05) is 29.7 Å². The van der Waals surface area contributed by atoms with Gasteiger partial charge in [-0.2, -0.15) is 0 Å². The third-order valence-corrected chi connectivity index (χ3v) is 4.41. The summed E-state index contributed by atoms with van der Waals surface area (Å²) in [7, 11) is 1.88. The Morgan fingerprint density at radius 2 is 1.76 bits per heavy atom. The molecule has 0 saturated heterocycles. The fourth-order valence-electron chi connectivity index (χ4n) is 3.09. The molecule has 2 aromatic carbocycles. The highest BCUT2D eigenvalue weighted by molar-refractivity contribution is 6.08. The number of nitrogens with one attached hydrogen (secondary N) is 2. The molecule has 0 unspecified atom stereocenters. The van der Waals surface area contributed by atoms with Crippen molar-refractivity contribution in [2.75, 3.05) is 0 Å². The van der Waals surface area contributed by atoms with Crippen molar-refractivity contribution in [3.8, 4) is 0 Å². The molecule has 1 aromatic heterocycles. The summed E-state index contributed by atoms with van der Waals surface area (Å²) in [5.74, 6) is -0.710. The zero-order valence-electron chi connectivity index (χ0n) is 13.7. The second-order valence-electron chi connectivity index (χ2n) is 6.06. The van der Waals surface area contributed by atoms with Gasteiger partial charge in [0.15, 0.2) is 0 Å². The van der Waals surface area contributed by atoms with Crippen LogP contribution in [0.25, 0.3) is 10.9 Å². The maximum absolute atomic E-state index is 12.4. The van der Waals surface area contributed by atoms with Crippen LogP contribution in [0.3, 0.4) is 0 Å². The number of nitrogens with zero attached hydrogens (tertiary/aromatic N) is 1. The van der Waals surface area contributed by atoms with E-state index in [0.29, 0.717) is 24.3 Å². The van der Waals surface area contributed by atoms with Crippen molar-refractivity contribution < 1.29 is 14.3 Å². The molecule has 1 aliphatic rings. The van der Waals surface area contributed by atoms with E-state index in [1.807, 2.05) is 41.9 Å². The lowest BCUT2D eigenvalue weighted by molar-refractivity contribution is 0.0847. The average Bonchev–Trinajstić information content (AvgIpc) is 3.23. The van der Waals surface area contributed by atoms with Gasteiger partial charge in [-0.25, -0.2) is 0 Å². The van der Waals surface area contributed by atoms with Crippen LogP contribution in [0, 0.1) is 0 Å². The van der Waals surface area contributed by atoms with Gasteiger partial charge >= 0.3 is 0 Å². The molecule has 0 spiro atoms. The van der Waals surface area contributed by atoms with E-state index in [0.717, 1.165) is 22.0 Å². The van der Waals surface area contributed by atoms with Crippen LogP contribution in [0.15, 0.2) is 48.7 Å². The van der Waals surface area contributed by atoms with Crippen molar-refractivity contribution in [1.82, 2.24) is 15.4 Å². The molecule has 0 fully saturated rings. The van der Waals surface area contributed by atoms with E-state index in [9.17, 15) is 9.59 Å². The van der Waals surface area contributed by atoms with Crippen molar-refractivity contribution in [3.05, 3.63) is 70.9 Å². The van der Waals surface area contributed by atoms with Gasteiger partial charge in [0.2, 0.25) is 0 Å². The highest BCUT2D eigenvalue weighted by atomic mass is 16.5. The minimum atomic E-state index is -0.358. The first-order valence-corrected chi connectivity index (χ1v) is 7.98. The van der Waals surface area contributed by atoms with E-state index >= 15 is 0 Å². The van der Waals surface area contributed by atoms with Crippen LogP contribution < -0.4 is 10.9 Å². The normalized spacial score (nSPS) is 12.8. The smallest absolute Gasteiger partial charge is 0.271 e. The third kappa shape index (κ3) is 2.77. The number of amides is 2. The molecule has 2 N–H and O–H groups in total. The number of hydrazine groups is 1. The molecule has 2 amide bonds. The monoisotopic (exact) mass is 335 g/mol. The first kappa shape index (κ1) is 15.4. The molecule has 1 aliphatic heterocycles. The van der Waals surface area contributed by atoms with E-state index in [1.165, 1.54) is 0 Å². The predicted octanol–water partition coefficient (Wildman–Crippen LogP) is 2.28. The maximum Gasteiger partial charge on any atom is 0.271 e. The van der Waals surface area contributed by atoms with Crippen LogP contribution in [0.4, 0.5) is 0 Å². The van der Waals surface area contributed by atoms with E-state index in [-0.39, 0.29) is 11.8 Å². The number of para-hydroxylation sites is 1. The molecule has 3 aromatic rings. The lowest BCUT2D eigenvalue weighted by Gasteiger charge is -2.08. The Hall–Kier alpha value is -3.12. The van der Waals surface area contributed by atoms with Crippen LogP contribution in [0.2, 0.25) is 0 Å². The summed E-state index contributed by atoms with van der Waals surface area (Å²) in [6.07, 6.45) is 1.75. The van der Waals surface area contributed by atoms with Gasteiger partial charge in [-0.05, 0) is 29.3 Å². The van der Waals surface area contributed by atoms with Crippen LogP contribution in [0.1, 0.15) is 31.8 Å². The van der Waals surface area contributed by atoms with Gasteiger partial charge in [0.05, 0.1) is 18.8 Å². The fraction of sp³-hybridized carbons (Fsp3) is 0.158. The SMILES string of the molecule is Cn1cc(C(=O)NNC(=O)c2ccc3c(c2)COC3)c2ccccc21. The molecule has 25 heavy (non-hydrogen) atoms. The summed E-state index contributed by atoms with van der Waals surface area (Å²) in [6.45, 7) is 1.09. The number of hydrogen-bond acceptors (Lipinski definition) is 3. The average molecular weight is 335 g/mol. The summed E-state index contributed by atoms with van der Waals surface area (Å²) >= 11 is 0. The van der Waals surface area contributed by atoms with Crippen molar-refractivity contribution in [3.63, 3.8) is 0 Å². The number of benzene rings is 2. The second-order valence-corrected chi connectivity index (χ2v) is 6.06. The van der Waals surface area contributed by atoms with Crippen molar-refractivity contribution >= 4 is 22.7 Å².